The van der Waals surface area contributed by atoms with E-state index in [1.165, 1.54) is 11.8 Å². The molecule has 0 bridgehead atoms. The highest BCUT2D eigenvalue weighted by Gasteiger charge is 2.18. The Balaban J connectivity index is 1.61. The van der Waals surface area contributed by atoms with Crippen LogP contribution in [-0.4, -0.2) is 42.7 Å². The molecule has 8 nitrogen and oxygen atoms in total. The minimum Gasteiger partial charge on any atom is -0.510 e. The van der Waals surface area contributed by atoms with Gasteiger partial charge in [0.25, 0.3) is 0 Å². The molecule has 0 aliphatic heterocycles. The summed E-state index contributed by atoms with van der Waals surface area (Å²) in [5.74, 6) is 1.82. The second-order valence-corrected chi connectivity index (χ2v) is 7.52. The summed E-state index contributed by atoms with van der Waals surface area (Å²) in [6.45, 7) is 2.64. The van der Waals surface area contributed by atoms with Crippen LogP contribution in [0.2, 0.25) is 0 Å². The maximum absolute atomic E-state index is 10.6. The summed E-state index contributed by atoms with van der Waals surface area (Å²) in [6, 6.07) is 17.1. The Morgan fingerprint density at radius 2 is 1.97 bits per heavy atom. The first-order valence-corrected chi connectivity index (χ1v) is 10.6. The van der Waals surface area contributed by atoms with E-state index >= 15 is 0 Å². The van der Waals surface area contributed by atoms with Gasteiger partial charge in [-0.15, -0.1) is 10.2 Å². The number of hydrogen-bond acceptors (Lipinski definition) is 7. The number of methoxy groups -OCH3 is 1. The minimum atomic E-state index is -0.0731. The van der Waals surface area contributed by atoms with Crippen molar-refractivity contribution in [2.45, 2.75) is 18.6 Å². The van der Waals surface area contributed by atoms with Gasteiger partial charge in [-0.3, -0.25) is 0 Å². The molecule has 156 valence electrons. The lowest BCUT2D eigenvalue weighted by atomic mass is 10.2. The van der Waals surface area contributed by atoms with Crippen molar-refractivity contribution in [2.75, 3.05) is 12.9 Å². The number of H-pyrrole nitrogens is 1. The molecule has 0 atom stereocenters. The van der Waals surface area contributed by atoms with Gasteiger partial charge in [-0.05, 0) is 31.2 Å². The van der Waals surface area contributed by atoms with Crippen molar-refractivity contribution in [1.29, 1.82) is 5.26 Å². The minimum absolute atomic E-state index is 0.0731. The normalized spacial score (nSPS) is 11.9. The number of ether oxygens (including phenoxy) is 1. The molecule has 0 aliphatic rings. The smallest absolute Gasteiger partial charge is 0.191 e. The van der Waals surface area contributed by atoms with Crippen molar-refractivity contribution in [2.24, 2.45) is 0 Å². The molecule has 0 spiro atoms. The molecule has 4 rings (SSSR count). The molecule has 2 aromatic heterocycles. The highest BCUT2D eigenvalue weighted by Crippen LogP contribution is 2.31. The quantitative estimate of drug-likeness (QED) is 0.252. The number of imidazole rings is 1. The molecule has 0 aliphatic carbocycles. The number of allylic oxidation sites excluding steroid dienone is 1. The van der Waals surface area contributed by atoms with Crippen LogP contribution < -0.4 is 4.74 Å². The Kier molecular flexibility index (Phi) is 5.91. The fraction of sp³-hybridized carbons (Fsp3) is 0.182. The number of nitrogens with one attached hydrogen (secondary N) is 1. The number of rotatable bonds is 7. The van der Waals surface area contributed by atoms with E-state index in [9.17, 15) is 10.4 Å². The maximum atomic E-state index is 10.6. The highest BCUT2D eigenvalue weighted by molar-refractivity contribution is 7.99. The number of aliphatic hydroxyl groups is 1. The Morgan fingerprint density at radius 3 is 2.71 bits per heavy atom. The number of nitrogens with zero attached hydrogens (tertiary/aromatic N) is 5. The average Bonchev–Trinajstić information content (AvgIpc) is 3.41. The average molecular weight is 433 g/mol. The third-order valence-electron chi connectivity index (χ3n) is 4.75. The van der Waals surface area contributed by atoms with Crippen molar-refractivity contribution in [3.63, 3.8) is 0 Å². The van der Waals surface area contributed by atoms with Crippen LogP contribution in [0.25, 0.3) is 28.0 Å². The number of benzene rings is 2. The Hall–Kier alpha value is -3.77. The number of para-hydroxylation sites is 3. The number of hydrogen-bond donors (Lipinski definition) is 2. The van der Waals surface area contributed by atoms with Gasteiger partial charge in [-0.1, -0.05) is 36.0 Å². The summed E-state index contributed by atoms with van der Waals surface area (Å²) >= 11 is 1.30. The lowest BCUT2D eigenvalue weighted by molar-refractivity contribution is 0.415. The Labute approximate surface area is 183 Å². The van der Waals surface area contributed by atoms with Crippen LogP contribution in [-0.2, 0) is 6.54 Å². The maximum Gasteiger partial charge on any atom is 0.191 e. The lowest BCUT2D eigenvalue weighted by Crippen LogP contribution is -2.02. The van der Waals surface area contributed by atoms with Gasteiger partial charge >= 0.3 is 0 Å². The summed E-state index contributed by atoms with van der Waals surface area (Å²) in [5, 5.41) is 29.5. The van der Waals surface area contributed by atoms with Crippen molar-refractivity contribution >= 4 is 28.4 Å². The van der Waals surface area contributed by atoms with Gasteiger partial charge in [-0.25, -0.2) is 4.98 Å². The van der Waals surface area contributed by atoms with E-state index in [1.807, 2.05) is 60.0 Å². The van der Waals surface area contributed by atoms with Gasteiger partial charge in [-0.2, -0.15) is 5.26 Å². The van der Waals surface area contributed by atoms with Crippen LogP contribution >= 0.6 is 11.8 Å². The number of aromatic amines is 1. The van der Waals surface area contributed by atoms with Crippen molar-refractivity contribution in [3.05, 3.63) is 60.1 Å². The molecule has 2 N–H and O–H groups in total. The third-order valence-corrected chi connectivity index (χ3v) is 5.72. The van der Waals surface area contributed by atoms with E-state index < -0.39 is 0 Å². The first-order chi connectivity index (χ1) is 15.2. The van der Waals surface area contributed by atoms with E-state index in [0.717, 1.165) is 16.6 Å². The number of thioether (sulfide) groups is 1. The molecular weight excluding hydrogens is 412 g/mol. The van der Waals surface area contributed by atoms with E-state index in [1.54, 1.807) is 7.11 Å². The second-order valence-electron chi connectivity index (χ2n) is 6.58. The van der Waals surface area contributed by atoms with Crippen molar-refractivity contribution in [1.82, 2.24) is 24.7 Å². The van der Waals surface area contributed by atoms with Crippen LogP contribution in [0.3, 0.4) is 0 Å². The second kappa shape index (κ2) is 8.93. The van der Waals surface area contributed by atoms with Crippen LogP contribution in [0.15, 0.2) is 59.4 Å². The van der Waals surface area contributed by atoms with E-state index in [0.29, 0.717) is 29.1 Å². The molecule has 31 heavy (non-hydrogen) atoms. The van der Waals surface area contributed by atoms with Gasteiger partial charge in [0.2, 0.25) is 0 Å². The summed E-state index contributed by atoms with van der Waals surface area (Å²) < 4.78 is 7.39. The molecule has 4 aromatic rings. The number of aromatic nitrogens is 5. The predicted molar refractivity (Wildman–Crippen MR) is 120 cm³/mol. The fourth-order valence-electron chi connectivity index (χ4n) is 3.24. The third kappa shape index (κ3) is 3.98. The fourth-order valence-corrected chi connectivity index (χ4v) is 4.12. The standard InChI is InChI=1S/C22H20N6O2S/c1-3-28-21(14-8-4-7-11-19(14)30-2)26-27-22(28)31-13-18(29)15(12-23)20-24-16-9-5-6-10-17(16)25-20/h4-11,29H,3,13H2,1-2H3,(H,24,25)/b18-15-. The van der Waals surface area contributed by atoms with Gasteiger partial charge in [0.05, 0.1) is 29.5 Å². The largest absolute Gasteiger partial charge is 0.510 e. The zero-order valence-corrected chi connectivity index (χ0v) is 17.8. The summed E-state index contributed by atoms with van der Waals surface area (Å²) in [6.07, 6.45) is 0. The Morgan fingerprint density at radius 1 is 1.19 bits per heavy atom. The molecule has 0 saturated heterocycles. The molecule has 2 heterocycles. The van der Waals surface area contributed by atoms with Gasteiger partial charge in [0, 0.05) is 6.54 Å². The lowest BCUT2D eigenvalue weighted by Gasteiger charge is -2.10. The molecule has 0 saturated carbocycles. The van der Waals surface area contributed by atoms with Crippen molar-refractivity contribution < 1.29 is 9.84 Å². The van der Waals surface area contributed by atoms with Crippen LogP contribution in [0.1, 0.15) is 12.7 Å². The zero-order valence-electron chi connectivity index (χ0n) is 17.0. The highest BCUT2D eigenvalue weighted by atomic mass is 32.2. The number of fused-ring (bicyclic) bond motifs is 1. The summed E-state index contributed by atoms with van der Waals surface area (Å²) in [5.41, 5.74) is 2.48. The summed E-state index contributed by atoms with van der Waals surface area (Å²) in [7, 11) is 1.62. The van der Waals surface area contributed by atoms with Crippen LogP contribution in [0, 0.1) is 11.3 Å². The topological polar surface area (TPSA) is 113 Å². The van der Waals surface area contributed by atoms with Crippen molar-refractivity contribution in [3.8, 4) is 23.2 Å². The van der Waals surface area contributed by atoms with E-state index in [-0.39, 0.29) is 17.1 Å². The molecule has 2 aromatic carbocycles. The van der Waals surface area contributed by atoms with Crippen LogP contribution in [0.5, 0.6) is 5.75 Å². The van der Waals surface area contributed by atoms with Gasteiger partial charge in [0.15, 0.2) is 16.8 Å². The monoisotopic (exact) mass is 432 g/mol. The molecule has 0 radical (unpaired) electrons. The number of aliphatic hydroxyl groups excluding tert-OH is 1. The molecule has 0 amide bonds. The Bertz CT molecular complexity index is 1270. The molecular formula is C22H20N6O2S. The van der Waals surface area contributed by atoms with E-state index in [4.69, 9.17) is 4.74 Å². The first kappa shape index (κ1) is 20.5. The summed E-state index contributed by atoms with van der Waals surface area (Å²) in [4.78, 5) is 7.48. The predicted octanol–water partition coefficient (Wildman–Crippen LogP) is 4.43. The molecule has 9 heteroatoms. The molecule has 0 fully saturated rings. The van der Waals surface area contributed by atoms with E-state index in [2.05, 4.69) is 26.2 Å². The first-order valence-electron chi connectivity index (χ1n) is 9.63. The van der Waals surface area contributed by atoms with Gasteiger partial charge in [0.1, 0.15) is 23.2 Å². The zero-order chi connectivity index (χ0) is 21.8. The molecule has 0 unspecified atom stereocenters. The SMILES string of the molecule is CCn1c(SC/C(O)=C(\C#N)c2nc3ccccc3[nH]2)nnc1-c1ccccc1OC. The van der Waals surface area contributed by atoms with Gasteiger partial charge < -0.3 is 19.4 Å². The van der Waals surface area contributed by atoms with Crippen LogP contribution in [0.4, 0.5) is 0 Å². The number of nitriles is 1.